The first-order valence-corrected chi connectivity index (χ1v) is 10.4. The van der Waals surface area contributed by atoms with Crippen molar-refractivity contribution >= 4 is 17.3 Å². The lowest BCUT2D eigenvalue weighted by atomic mass is 10.2. The van der Waals surface area contributed by atoms with Crippen LogP contribution in [0, 0.1) is 0 Å². The van der Waals surface area contributed by atoms with Crippen LogP contribution in [0.4, 0.5) is 0 Å². The van der Waals surface area contributed by atoms with Gasteiger partial charge in [0.15, 0.2) is 5.96 Å². The fourth-order valence-electron chi connectivity index (χ4n) is 2.67. The Balaban J connectivity index is 1.58. The molecular formula is C22H26N4OS. The van der Waals surface area contributed by atoms with Gasteiger partial charge in [0.1, 0.15) is 6.61 Å². The number of nitrogens with zero attached hydrogens (tertiary/aromatic N) is 2. The summed E-state index contributed by atoms with van der Waals surface area (Å²) in [5, 5.41) is 8.79. The van der Waals surface area contributed by atoms with E-state index in [1.807, 2.05) is 42.5 Å². The Morgan fingerprint density at radius 3 is 2.75 bits per heavy atom. The first-order valence-electron chi connectivity index (χ1n) is 9.50. The summed E-state index contributed by atoms with van der Waals surface area (Å²) in [7, 11) is 0. The highest BCUT2D eigenvalue weighted by molar-refractivity contribution is 7.09. The van der Waals surface area contributed by atoms with Gasteiger partial charge in [-0.15, -0.1) is 11.3 Å². The number of rotatable bonds is 9. The van der Waals surface area contributed by atoms with E-state index >= 15 is 0 Å². The van der Waals surface area contributed by atoms with Crippen molar-refractivity contribution in [3.8, 4) is 5.88 Å². The van der Waals surface area contributed by atoms with Gasteiger partial charge in [-0.05, 0) is 36.4 Å². The molecule has 0 saturated heterocycles. The highest BCUT2D eigenvalue weighted by Crippen LogP contribution is 2.17. The number of aliphatic imine (C=N–C) groups is 1. The molecule has 2 N–H and O–H groups in total. The van der Waals surface area contributed by atoms with E-state index in [1.165, 1.54) is 4.88 Å². The largest absolute Gasteiger partial charge is 0.473 e. The fraction of sp³-hybridized carbons (Fsp3) is 0.273. The Kier molecular flexibility index (Phi) is 7.88. The molecule has 1 aromatic carbocycles. The summed E-state index contributed by atoms with van der Waals surface area (Å²) in [6, 6.07) is 18.3. The molecule has 0 bridgehead atoms. The predicted octanol–water partition coefficient (Wildman–Crippen LogP) is 4.02. The molecule has 0 atom stereocenters. The van der Waals surface area contributed by atoms with Crippen molar-refractivity contribution in [3.63, 3.8) is 0 Å². The molecule has 2 heterocycles. The maximum atomic E-state index is 5.93. The second-order valence-electron chi connectivity index (χ2n) is 6.19. The molecule has 0 radical (unpaired) electrons. The molecule has 6 heteroatoms. The van der Waals surface area contributed by atoms with Crippen LogP contribution in [0.1, 0.15) is 22.9 Å². The quantitative estimate of drug-likeness (QED) is 0.425. The molecule has 3 aromatic rings. The Morgan fingerprint density at radius 2 is 1.96 bits per heavy atom. The number of aromatic nitrogens is 1. The van der Waals surface area contributed by atoms with Gasteiger partial charge in [-0.2, -0.15) is 0 Å². The normalized spacial score (nSPS) is 11.2. The molecule has 146 valence electrons. The van der Waals surface area contributed by atoms with Crippen LogP contribution in [0.3, 0.4) is 0 Å². The van der Waals surface area contributed by atoms with Gasteiger partial charge in [0.05, 0.1) is 6.54 Å². The van der Waals surface area contributed by atoms with Gasteiger partial charge in [-0.25, -0.2) is 9.98 Å². The Bertz CT molecular complexity index is 850. The lowest BCUT2D eigenvalue weighted by molar-refractivity contribution is 0.290. The van der Waals surface area contributed by atoms with Crippen molar-refractivity contribution in [1.82, 2.24) is 15.6 Å². The first kappa shape index (κ1) is 19.9. The molecule has 28 heavy (non-hydrogen) atoms. The van der Waals surface area contributed by atoms with Gasteiger partial charge in [-0.3, -0.25) is 0 Å². The number of hydrogen-bond donors (Lipinski definition) is 2. The van der Waals surface area contributed by atoms with E-state index < -0.39 is 0 Å². The highest BCUT2D eigenvalue weighted by atomic mass is 32.1. The van der Waals surface area contributed by atoms with Crippen molar-refractivity contribution in [2.24, 2.45) is 4.99 Å². The topological polar surface area (TPSA) is 58.5 Å². The zero-order chi connectivity index (χ0) is 19.4. The Morgan fingerprint density at radius 1 is 1.07 bits per heavy atom. The summed E-state index contributed by atoms with van der Waals surface area (Å²) < 4.78 is 5.93. The van der Waals surface area contributed by atoms with Crippen LogP contribution < -0.4 is 15.4 Å². The van der Waals surface area contributed by atoms with Gasteiger partial charge in [0, 0.05) is 29.7 Å². The third-order valence-electron chi connectivity index (χ3n) is 4.06. The monoisotopic (exact) mass is 394 g/mol. The van der Waals surface area contributed by atoms with E-state index in [9.17, 15) is 0 Å². The lowest BCUT2D eigenvalue weighted by Gasteiger charge is -2.12. The molecule has 0 amide bonds. The minimum Gasteiger partial charge on any atom is -0.473 e. The summed E-state index contributed by atoms with van der Waals surface area (Å²) in [5.41, 5.74) is 2.08. The zero-order valence-electron chi connectivity index (χ0n) is 16.1. The second kappa shape index (κ2) is 11.1. The fourth-order valence-corrected chi connectivity index (χ4v) is 3.37. The highest BCUT2D eigenvalue weighted by Gasteiger charge is 2.06. The minimum atomic E-state index is 0.494. The molecule has 0 saturated carbocycles. The summed E-state index contributed by atoms with van der Waals surface area (Å²) >= 11 is 1.78. The lowest BCUT2D eigenvalue weighted by Crippen LogP contribution is -2.38. The predicted molar refractivity (Wildman–Crippen MR) is 116 cm³/mol. The Hall–Kier alpha value is -2.86. The molecule has 0 aliphatic carbocycles. The van der Waals surface area contributed by atoms with Crippen LogP contribution in [0.5, 0.6) is 5.88 Å². The van der Waals surface area contributed by atoms with Crippen molar-refractivity contribution < 1.29 is 4.74 Å². The van der Waals surface area contributed by atoms with Crippen LogP contribution in [0.2, 0.25) is 0 Å². The Labute approximate surface area is 170 Å². The number of hydrogen-bond acceptors (Lipinski definition) is 4. The molecule has 2 aromatic heterocycles. The van der Waals surface area contributed by atoms with E-state index in [-0.39, 0.29) is 0 Å². The number of guanidine groups is 1. The average molecular weight is 395 g/mol. The van der Waals surface area contributed by atoms with E-state index in [1.54, 1.807) is 17.5 Å². The SMILES string of the molecule is CCNC(=NCc1cccnc1OCc1ccccc1)NCCc1cccs1. The number of thiophene rings is 1. The molecule has 0 aliphatic rings. The number of ether oxygens (including phenoxy) is 1. The molecule has 0 unspecified atom stereocenters. The van der Waals surface area contributed by atoms with Gasteiger partial charge >= 0.3 is 0 Å². The van der Waals surface area contributed by atoms with Crippen molar-refractivity contribution in [2.45, 2.75) is 26.5 Å². The van der Waals surface area contributed by atoms with Crippen LogP contribution >= 0.6 is 11.3 Å². The number of benzene rings is 1. The third-order valence-corrected chi connectivity index (χ3v) is 5.00. The van der Waals surface area contributed by atoms with Gasteiger partial charge in [0.25, 0.3) is 0 Å². The van der Waals surface area contributed by atoms with E-state index in [0.29, 0.717) is 19.0 Å². The summed E-state index contributed by atoms with van der Waals surface area (Å²) in [6.45, 7) is 4.72. The third kappa shape index (κ3) is 6.39. The van der Waals surface area contributed by atoms with Crippen molar-refractivity contribution in [3.05, 3.63) is 82.2 Å². The van der Waals surface area contributed by atoms with E-state index in [4.69, 9.17) is 9.73 Å². The van der Waals surface area contributed by atoms with Crippen LogP contribution in [-0.4, -0.2) is 24.0 Å². The van der Waals surface area contributed by atoms with Crippen LogP contribution in [-0.2, 0) is 19.6 Å². The summed E-state index contributed by atoms with van der Waals surface area (Å²) in [4.78, 5) is 10.4. The summed E-state index contributed by atoms with van der Waals surface area (Å²) in [6.07, 6.45) is 2.73. The van der Waals surface area contributed by atoms with Gasteiger partial charge in [0.2, 0.25) is 5.88 Å². The standard InChI is InChI=1S/C22H26N4OS/c1-2-23-22(25-14-12-20-11-7-15-28-20)26-16-19-10-6-13-24-21(19)27-17-18-8-4-3-5-9-18/h3-11,13,15H,2,12,14,16-17H2,1H3,(H2,23,25,26). The van der Waals surface area contributed by atoms with E-state index in [0.717, 1.165) is 36.6 Å². The molecule has 0 aliphatic heterocycles. The van der Waals surface area contributed by atoms with Crippen molar-refractivity contribution in [1.29, 1.82) is 0 Å². The zero-order valence-corrected chi connectivity index (χ0v) is 16.9. The maximum Gasteiger partial charge on any atom is 0.218 e. The van der Waals surface area contributed by atoms with Crippen LogP contribution in [0.25, 0.3) is 0 Å². The van der Waals surface area contributed by atoms with Crippen LogP contribution in [0.15, 0.2) is 71.2 Å². The maximum absolute atomic E-state index is 5.93. The summed E-state index contributed by atoms with van der Waals surface area (Å²) in [5.74, 6) is 1.43. The first-order chi connectivity index (χ1) is 13.8. The number of pyridine rings is 1. The van der Waals surface area contributed by atoms with Gasteiger partial charge < -0.3 is 15.4 Å². The van der Waals surface area contributed by atoms with Gasteiger partial charge in [-0.1, -0.05) is 42.5 Å². The van der Waals surface area contributed by atoms with Crippen molar-refractivity contribution in [2.75, 3.05) is 13.1 Å². The molecule has 0 spiro atoms. The molecular weight excluding hydrogens is 368 g/mol. The average Bonchev–Trinajstić information content (AvgIpc) is 3.25. The molecule has 3 rings (SSSR count). The smallest absolute Gasteiger partial charge is 0.218 e. The van der Waals surface area contributed by atoms with E-state index in [2.05, 4.69) is 40.1 Å². The molecule has 0 fully saturated rings. The minimum absolute atomic E-state index is 0.494. The molecule has 5 nitrogen and oxygen atoms in total. The second-order valence-corrected chi connectivity index (χ2v) is 7.23. The number of nitrogens with one attached hydrogen (secondary N) is 2.